The van der Waals surface area contributed by atoms with E-state index in [0.717, 1.165) is 21.6 Å². The molecule has 2 heterocycles. The molecule has 0 atom stereocenters. The molecule has 0 aliphatic rings. The second-order valence-electron chi connectivity index (χ2n) is 4.68. The summed E-state index contributed by atoms with van der Waals surface area (Å²) in [4.78, 5) is 10.4. The van der Waals surface area contributed by atoms with E-state index in [1.54, 1.807) is 0 Å². The van der Waals surface area contributed by atoms with Gasteiger partial charge in [0.1, 0.15) is 5.69 Å². The first kappa shape index (κ1) is 15.0. The van der Waals surface area contributed by atoms with Crippen molar-refractivity contribution in [3.05, 3.63) is 12.3 Å². The molecule has 0 aliphatic carbocycles. The third kappa shape index (κ3) is 4.31. The van der Waals surface area contributed by atoms with E-state index in [2.05, 4.69) is 29.1 Å². The molecule has 0 amide bonds. The molecular formula is C12H16N4O2S2. The fourth-order valence-electron chi connectivity index (χ4n) is 1.55. The number of carboxylic acids is 1. The first-order valence-corrected chi connectivity index (χ1v) is 8.06. The van der Waals surface area contributed by atoms with Crippen LogP contribution in [-0.2, 0) is 11.3 Å². The molecule has 2 aromatic rings. The molecule has 0 unspecified atom stereocenters. The Morgan fingerprint density at radius 3 is 3.00 bits per heavy atom. The van der Waals surface area contributed by atoms with E-state index in [0.29, 0.717) is 11.7 Å². The van der Waals surface area contributed by atoms with Crippen LogP contribution in [0.15, 0.2) is 16.6 Å². The van der Waals surface area contributed by atoms with E-state index >= 15 is 0 Å². The van der Waals surface area contributed by atoms with Crippen molar-refractivity contribution >= 4 is 29.1 Å². The summed E-state index contributed by atoms with van der Waals surface area (Å²) >= 11 is 2.85. The molecule has 0 fully saturated rings. The summed E-state index contributed by atoms with van der Waals surface area (Å²) in [7, 11) is 0. The zero-order chi connectivity index (χ0) is 14.5. The van der Waals surface area contributed by atoms with Gasteiger partial charge in [0.05, 0.1) is 6.42 Å². The lowest BCUT2D eigenvalue weighted by Gasteiger charge is -2.03. The highest BCUT2D eigenvalue weighted by molar-refractivity contribution is 8.01. The van der Waals surface area contributed by atoms with Crippen molar-refractivity contribution in [1.29, 1.82) is 0 Å². The molecule has 0 radical (unpaired) electrons. The van der Waals surface area contributed by atoms with Gasteiger partial charge in [0.2, 0.25) is 0 Å². The van der Waals surface area contributed by atoms with Crippen LogP contribution in [0.3, 0.4) is 0 Å². The Bertz CT molecular complexity index is 580. The zero-order valence-corrected chi connectivity index (χ0v) is 12.9. The molecule has 8 heteroatoms. The molecule has 0 saturated heterocycles. The average Bonchev–Trinajstić information content (AvgIpc) is 2.96. The van der Waals surface area contributed by atoms with Crippen molar-refractivity contribution in [1.82, 2.24) is 20.0 Å². The Balaban J connectivity index is 1.97. The quantitative estimate of drug-likeness (QED) is 0.792. The van der Waals surface area contributed by atoms with Crippen LogP contribution in [0.4, 0.5) is 0 Å². The molecule has 2 rings (SSSR count). The Morgan fingerprint density at radius 1 is 1.50 bits per heavy atom. The number of carbonyl (C=O) groups is 1. The minimum absolute atomic E-state index is 0.128. The number of rotatable bonds is 7. The number of thioether (sulfide) groups is 1. The Kier molecular flexibility index (Phi) is 5.13. The van der Waals surface area contributed by atoms with Gasteiger partial charge in [-0.25, -0.2) is 0 Å². The van der Waals surface area contributed by atoms with E-state index in [1.165, 1.54) is 23.1 Å². The van der Waals surface area contributed by atoms with Gasteiger partial charge in [-0.05, 0) is 12.0 Å². The van der Waals surface area contributed by atoms with Gasteiger partial charge in [-0.1, -0.05) is 36.9 Å². The summed E-state index contributed by atoms with van der Waals surface area (Å²) in [6, 6.07) is 1.93. The predicted octanol–water partition coefficient (Wildman–Crippen LogP) is 2.62. The smallest absolute Gasteiger partial charge is 0.304 e. The van der Waals surface area contributed by atoms with Crippen LogP contribution in [0.1, 0.15) is 20.3 Å². The summed E-state index contributed by atoms with van der Waals surface area (Å²) in [5.74, 6) is 0.250. The van der Waals surface area contributed by atoms with Gasteiger partial charge in [-0.15, -0.1) is 10.2 Å². The standard InChI is InChI=1S/C12H16N4O2S2/c1-8(2)7-16-5-3-9(15-16)11-13-14-12(20-11)19-6-4-10(17)18/h3,5,8H,4,6-7H2,1-2H3,(H,17,18). The summed E-state index contributed by atoms with van der Waals surface area (Å²) < 4.78 is 2.68. The van der Waals surface area contributed by atoms with Crippen LogP contribution in [0.25, 0.3) is 10.7 Å². The SMILES string of the molecule is CC(C)Cn1ccc(-c2nnc(SCCC(=O)O)s2)n1. The summed E-state index contributed by atoms with van der Waals surface area (Å²) in [6.07, 6.45) is 2.07. The molecule has 1 N–H and O–H groups in total. The molecule has 0 aliphatic heterocycles. The summed E-state index contributed by atoms with van der Waals surface area (Å²) in [6.45, 7) is 5.16. The number of carboxylic acid groups (broad SMARTS) is 1. The van der Waals surface area contributed by atoms with Crippen molar-refractivity contribution in [3.63, 3.8) is 0 Å². The van der Waals surface area contributed by atoms with Crippen LogP contribution in [0, 0.1) is 5.92 Å². The second-order valence-corrected chi connectivity index (χ2v) is 7.00. The lowest BCUT2D eigenvalue weighted by Crippen LogP contribution is -2.04. The lowest BCUT2D eigenvalue weighted by atomic mass is 10.2. The van der Waals surface area contributed by atoms with Gasteiger partial charge in [-0.3, -0.25) is 9.48 Å². The Labute approximate surface area is 125 Å². The maximum Gasteiger partial charge on any atom is 0.304 e. The monoisotopic (exact) mass is 312 g/mol. The van der Waals surface area contributed by atoms with Crippen LogP contribution in [-0.4, -0.2) is 36.8 Å². The Hall–Kier alpha value is -1.41. The topological polar surface area (TPSA) is 80.9 Å². The van der Waals surface area contributed by atoms with Crippen molar-refractivity contribution in [2.75, 3.05) is 5.75 Å². The first-order valence-electron chi connectivity index (χ1n) is 6.26. The average molecular weight is 312 g/mol. The molecule has 0 saturated carbocycles. The molecule has 0 aromatic carbocycles. The predicted molar refractivity (Wildman–Crippen MR) is 78.9 cm³/mol. The van der Waals surface area contributed by atoms with E-state index in [9.17, 15) is 4.79 Å². The Morgan fingerprint density at radius 2 is 2.30 bits per heavy atom. The van der Waals surface area contributed by atoms with E-state index in [-0.39, 0.29) is 6.42 Å². The highest BCUT2D eigenvalue weighted by Gasteiger charge is 2.11. The maximum atomic E-state index is 10.4. The molecule has 0 spiro atoms. The molecule has 2 aromatic heterocycles. The van der Waals surface area contributed by atoms with Crippen LogP contribution < -0.4 is 0 Å². The zero-order valence-electron chi connectivity index (χ0n) is 11.3. The number of nitrogens with zero attached hydrogens (tertiary/aromatic N) is 4. The number of aliphatic carboxylic acids is 1. The van der Waals surface area contributed by atoms with Gasteiger partial charge in [0, 0.05) is 18.5 Å². The largest absolute Gasteiger partial charge is 0.481 e. The molecule has 20 heavy (non-hydrogen) atoms. The highest BCUT2D eigenvalue weighted by Crippen LogP contribution is 2.28. The fourth-order valence-corrected chi connectivity index (χ4v) is 3.36. The van der Waals surface area contributed by atoms with Gasteiger partial charge in [0.25, 0.3) is 0 Å². The normalized spacial score (nSPS) is 11.2. The lowest BCUT2D eigenvalue weighted by molar-refractivity contribution is -0.136. The minimum atomic E-state index is -0.797. The maximum absolute atomic E-state index is 10.4. The van der Waals surface area contributed by atoms with Crippen LogP contribution >= 0.6 is 23.1 Å². The highest BCUT2D eigenvalue weighted by atomic mass is 32.2. The van der Waals surface area contributed by atoms with E-state index in [1.807, 2.05) is 16.9 Å². The fraction of sp³-hybridized carbons (Fsp3) is 0.500. The van der Waals surface area contributed by atoms with Crippen LogP contribution in [0.2, 0.25) is 0 Å². The molecule has 108 valence electrons. The summed E-state index contributed by atoms with van der Waals surface area (Å²) in [5.41, 5.74) is 0.813. The molecule has 0 bridgehead atoms. The summed E-state index contributed by atoms with van der Waals surface area (Å²) in [5, 5.41) is 22.0. The minimum Gasteiger partial charge on any atom is -0.481 e. The van der Waals surface area contributed by atoms with Crippen molar-refractivity contribution in [3.8, 4) is 10.7 Å². The first-order chi connectivity index (χ1) is 9.54. The third-order valence-electron chi connectivity index (χ3n) is 2.36. The van der Waals surface area contributed by atoms with Gasteiger partial charge in [0.15, 0.2) is 9.35 Å². The molecular weight excluding hydrogens is 296 g/mol. The van der Waals surface area contributed by atoms with E-state index < -0.39 is 5.97 Å². The molecule has 6 nitrogen and oxygen atoms in total. The van der Waals surface area contributed by atoms with Crippen LogP contribution in [0.5, 0.6) is 0 Å². The van der Waals surface area contributed by atoms with Gasteiger partial charge < -0.3 is 5.11 Å². The second kappa shape index (κ2) is 6.85. The van der Waals surface area contributed by atoms with Crippen molar-refractivity contribution in [2.24, 2.45) is 5.92 Å². The number of aromatic nitrogens is 4. The third-order valence-corrected chi connectivity index (χ3v) is 4.44. The van der Waals surface area contributed by atoms with Gasteiger partial charge in [-0.2, -0.15) is 5.10 Å². The number of hydrogen-bond donors (Lipinski definition) is 1. The number of hydrogen-bond acceptors (Lipinski definition) is 6. The van der Waals surface area contributed by atoms with Crippen molar-refractivity contribution < 1.29 is 9.90 Å². The van der Waals surface area contributed by atoms with Gasteiger partial charge >= 0.3 is 5.97 Å². The van der Waals surface area contributed by atoms with Crippen molar-refractivity contribution in [2.45, 2.75) is 31.2 Å². The van der Waals surface area contributed by atoms with E-state index in [4.69, 9.17) is 5.11 Å².